The van der Waals surface area contributed by atoms with E-state index in [4.69, 9.17) is 16.3 Å². The number of pyridine rings is 1. The number of hydrogen-bond acceptors (Lipinski definition) is 10. The first-order valence-electron chi connectivity index (χ1n) is 8.53. The predicted molar refractivity (Wildman–Crippen MR) is 113 cm³/mol. The molecule has 0 saturated heterocycles. The van der Waals surface area contributed by atoms with Gasteiger partial charge in [-0.25, -0.2) is 4.98 Å². The summed E-state index contributed by atoms with van der Waals surface area (Å²) in [6.07, 6.45) is 1.15. The molecule has 158 valence electrons. The molecule has 0 aliphatic carbocycles. The number of hydrogen-bond donors (Lipinski definition) is 1. The Morgan fingerprint density at radius 3 is 2.94 bits per heavy atom. The van der Waals surface area contributed by atoms with Gasteiger partial charge in [-0.2, -0.15) is 0 Å². The lowest BCUT2D eigenvalue weighted by Crippen LogP contribution is -2.43. The van der Waals surface area contributed by atoms with Gasteiger partial charge in [0.15, 0.2) is 10.9 Å². The molecule has 3 heterocycles. The summed E-state index contributed by atoms with van der Waals surface area (Å²) in [4.78, 5) is 40.1. The minimum Gasteiger partial charge on any atom is -0.482 e. The summed E-state index contributed by atoms with van der Waals surface area (Å²) in [5.41, 5.74) is 0.298. The number of amides is 2. The standard InChI is InChI=1S/C17H11ClN6O5S2/c18-9-1-3-12-11(5-9)23(15(26)8-29-12)7-13(25)20-16-21-22-17(31-16)30-14-4-2-10(6-19-14)24(27)28/h1-6H,7-8H2,(H,20,21,25). The van der Waals surface area contributed by atoms with Gasteiger partial charge in [-0.15, -0.1) is 10.2 Å². The van der Waals surface area contributed by atoms with Crippen LogP contribution in [0.15, 0.2) is 45.9 Å². The highest BCUT2D eigenvalue weighted by Crippen LogP contribution is 2.35. The molecule has 0 fully saturated rings. The second-order valence-electron chi connectivity index (χ2n) is 6.02. The van der Waals surface area contributed by atoms with Crippen LogP contribution in [0.3, 0.4) is 0 Å². The summed E-state index contributed by atoms with van der Waals surface area (Å²) in [6, 6.07) is 7.65. The van der Waals surface area contributed by atoms with Crippen LogP contribution in [0.25, 0.3) is 0 Å². The van der Waals surface area contributed by atoms with E-state index in [1.807, 2.05) is 0 Å². The monoisotopic (exact) mass is 478 g/mol. The number of aromatic nitrogens is 3. The Bertz CT molecular complexity index is 1170. The second kappa shape index (κ2) is 8.83. The van der Waals surface area contributed by atoms with Gasteiger partial charge in [0.05, 0.1) is 10.6 Å². The van der Waals surface area contributed by atoms with Crippen LogP contribution in [0, 0.1) is 10.1 Å². The molecule has 2 aromatic heterocycles. The van der Waals surface area contributed by atoms with E-state index in [0.29, 0.717) is 25.8 Å². The van der Waals surface area contributed by atoms with Crippen LogP contribution in [0.4, 0.5) is 16.5 Å². The number of fused-ring (bicyclic) bond motifs is 1. The normalized spacial score (nSPS) is 12.8. The third-order valence-electron chi connectivity index (χ3n) is 3.94. The molecule has 0 atom stereocenters. The first-order chi connectivity index (χ1) is 14.9. The summed E-state index contributed by atoms with van der Waals surface area (Å²) >= 11 is 8.25. The van der Waals surface area contributed by atoms with Gasteiger partial charge in [0.1, 0.15) is 23.5 Å². The summed E-state index contributed by atoms with van der Waals surface area (Å²) in [5, 5.41) is 22.3. The van der Waals surface area contributed by atoms with Gasteiger partial charge in [-0.05, 0) is 36.0 Å². The SMILES string of the molecule is O=C(CN1C(=O)COc2ccc(Cl)cc21)Nc1nnc(Sc2ccc([N+](=O)[O-])cn2)s1. The Balaban J connectivity index is 1.40. The topological polar surface area (TPSA) is 140 Å². The number of anilines is 2. The van der Waals surface area contributed by atoms with E-state index >= 15 is 0 Å². The van der Waals surface area contributed by atoms with Crippen LogP contribution in [0.2, 0.25) is 5.02 Å². The lowest BCUT2D eigenvalue weighted by molar-refractivity contribution is -0.385. The maximum Gasteiger partial charge on any atom is 0.287 e. The third kappa shape index (κ3) is 4.90. The van der Waals surface area contributed by atoms with Crippen LogP contribution < -0.4 is 15.0 Å². The van der Waals surface area contributed by atoms with Gasteiger partial charge in [-0.1, -0.05) is 22.9 Å². The zero-order valence-corrected chi connectivity index (χ0v) is 17.7. The average molecular weight is 479 g/mol. The molecule has 31 heavy (non-hydrogen) atoms. The van der Waals surface area contributed by atoms with E-state index in [9.17, 15) is 19.7 Å². The number of rotatable bonds is 6. The molecule has 1 aliphatic heterocycles. The van der Waals surface area contributed by atoms with E-state index in [-0.39, 0.29) is 29.9 Å². The number of nitrogens with zero attached hydrogens (tertiary/aromatic N) is 5. The summed E-state index contributed by atoms with van der Waals surface area (Å²) < 4.78 is 5.84. The van der Waals surface area contributed by atoms with Crippen molar-refractivity contribution in [2.24, 2.45) is 0 Å². The molecule has 1 N–H and O–H groups in total. The number of nitro groups is 1. The van der Waals surface area contributed by atoms with E-state index < -0.39 is 10.8 Å². The quantitative estimate of drug-likeness (QED) is 0.321. The Kier molecular flexibility index (Phi) is 5.97. The molecule has 11 nitrogen and oxygen atoms in total. The molecule has 1 aliphatic rings. The van der Waals surface area contributed by atoms with Crippen molar-refractivity contribution in [1.29, 1.82) is 0 Å². The minimum absolute atomic E-state index is 0.116. The summed E-state index contributed by atoms with van der Waals surface area (Å²) in [5.74, 6) is -0.382. The number of nitrogens with one attached hydrogen (secondary N) is 1. The Morgan fingerprint density at radius 2 is 2.19 bits per heavy atom. The van der Waals surface area contributed by atoms with Gasteiger partial charge in [0, 0.05) is 11.1 Å². The number of ether oxygens (including phenoxy) is 1. The Hall–Kier alpha value is -3.29. The van der Waals surface area contributed by atoms with Gasteiger partial charge in [0.2, 0.25) is 11.0 Å². The van der Waals surface area contributed by atoms with E-state index in [0.717, 1.165) is 29.3 Å². The van der Waals surface area contributed by atoms with Crippen molar-refractivity contribution in [3.8, 4) is 5.75 Å². The highest BCUT2D eigenvalue weighted by molar-refractivity contribution is 8.01. The maximum absolute atomic E-state index is 12.5. The fourth-order valence-electron chi connectivity index (χ4n) is 2.58. The maximum atomic E-state index is 12.5. The molecule has 4 rings (SSSR count). The van der Waals surface area contributed by atoms with Crippen molar-refractivity contribution in [3.63, 3.8) is 0 Å². The van der Waals surface area contributed by atoms with Crippen molar-refractivity contribution in [2.75, 3.05) is 23.4 Å². The Morgan fingerprint density at radius 1 is 1.35 bits per heavy atom. The van der Waals surface area contributed by atoms with Gasteiger partial charge in [-0.3, -0.25) is 29.9 Å². The average Bonchev–Trinajstić information content (AvgIpc) is 3.17. The van der Waals surface area contributed by atoms with Crippen LogP contribution in [0.1, 0.15) is 0 Å². The molecule has 1 aromatic carbocycles. The molecule has 0 unspecified atom stereocenters. The lowest BCUT2D eigenvalue weighted by atomic mass is 10.2. The van der Waals surface area contributed by atoms with E-state index in [1.54, 1.807) is 18.2 Å². The molecule has 3 aromatic rings. The lowest BCUT2D eigenvalue weighted by Gasteiger charge is -2.28. The summed E-state index contributed by atoms with van der Waals surface area (Å²) in [7, 11) is 0. The van der Waals surface area contributed by atoms with E-state index in [1.165, 1.54) is 17.0 Å². The Labute approximate surface area is 187 Å². The molecule has 0 spiro atoms. The first kappa shape index (κ1) is 21.0. The zero-order valence-electron chi connectivity index (χ0n) is 15.4. The zero-order chi connectivity index (χ0) is 22.0. The van der Waals surface area contributed by atoms with Crippen molar-refractivity contribution in [3.05, 3.63) is 51.7 Å². The fraction of sp³-hybridized carbons (Fsp3) is 0.118. The van der Waals surface area contributed by atoms with Crippen LogP contribution in [0.5, 0.6) is 5.75 Å². The van der Waals surface area contributed by atoms with Crippen molar-refractivity contribution < 1.29 is 19.2 Å². The van der Waals surface area contributed by atoms with Crippen LogP contribution in [-0.4, -0.2) is 45.1 Å². The van der Waals surface area contributed by atoms with Crippen molar-refractivity contribution in [1.82, 2.24) is 15.2 Å². The molecule has 0 radical (unpaired) electrons. The van der Waals surface area contributed by atoms with Crippen LogP contribution in [-0.2, 0) is 9.59 Å². The number of benzene rings is 1. The number of halogens is 1. The molecule has 14 heteroatoms. The molecule has 0 saturated carbocycles. The number of carbonyl (C=O) groups excluding carboxylic acids is 2. The molecular weight excluding hydrogens is 468 g/mol. The second-order valence-corrected chi connectivity index (χ2v) is 8.70. The van der Waals surface area contributed by atoms with Crippen LogP contribution >= 0.6 is 34.7 Å². The first-order valence-corrected chi connectivity index (χ1v) is 10.5. The highest BCUT2D eigenvalue weighted by atomic mass is 35.5. The minimum atomic E-state index is -0.536. The predicted octanol–water partition coefficient (Wildman–Crippen LogP) is 3.01. The third-order valence-corrected chi connectivity index (χ3v) is 6.02. The molecule has 2 amide bonds. The molecule has 0 bridgehead atoms. The van der Waals surface area contributed by atoms with Crippen molar-refractivity contribution >= 4 is 63.0 Å². The smallest absolute Gasteiger partial charge is 0.287 e. The van der Waals surface area contributed by atoms with Gasteiger partial charge >= 0.3 is 0 Å². The summed E-state index contributed by atoms with van der Waals surface area (Å²) in [6.45, 7) is -0.425. The van der Waals surface area contributed by atoms with E-state index in [2.05, 4.69) is 20.5 Å². The van der Waals surface area contributed by atoms with Gasteiger partial charge < -0.3 is 4.74 Å². The van der Waals surface area contributed by atoms with Gasteiger partial charge in [0.25, 0.3) is 11.6 Å². The highest BCUT2D eigenvalue weighted by Gasteiger charge is 2.28. The molecular formula is C17H11ClN6O5S2. The fourth-order valence-corrected chi connectivity index (χ4v) is 4.40. The number of carbonyl (C=O) groups is 2. The largest absolute Gasteiger partial charge is 0.482 e. The van der Waals surface area contributed by atoms with Crippen molar-refractivity contribution in [2.45, 2.75) is 9.37 Å².